The second-order valence-corrected chi connectivity index (χ2v) is 6.24. The Hall–Kier alpha value is -0.520. The summed E-state index contributed by atoms with van der Waals surface area (Å²) in [7, 11) is -1.09. The highest BCUT2D eigenvalue weighted by Gasteiger charge is 2.20. The van der Waals surface area contributed by atoms with Crippen LogP contribution in [0.3, 0.4) is 0 Å². The maximum Gasteiger partial charge on any atom is 0.185 e. The van der Waals surface area contributed by atoms with Crippen molar-refractivity contribution in [3.63, 3.8) is 0 Å². The summed E-state index contributed by atoms with van der Waals surface area (Å²) in [6, 6.07) is 3.61. The van der Waals surface area contributed by atoms with Gasteiger partial charge in [0.25, 0.3) is 0 Å². The summed E-state index contributed by atoms with van der Waals surface area (Å²) in [5.74, 6) is 0.601. The predicted molar refractivity (Wildman–Crippen MR) is 65.5 cm³/mol. The van der Waals surface area contributed by atoms with Crippen LogP contribution < -0.4 is 0 Å². The van der Waals surface area contributed by atoms with E-state index in [4.69, 9.17) is 4.74 Å². The van der Waals surface area contributed by atoms with E-state index in [-0.39, 0.29) is 17.6 Å². The topological polar surface area (TPSA) is 43.4 Å². The van der Waals surface area contributed by atoms with Crippen molar-refractivity contribution in [2.24, 2.45) is 0 Å². The molecule has 0 spiro atoms. The van der Waals surface area contributed by atoms with Gasteiger partial charge in [-0.25, -0.2) is 0 Å². The number of ketones is 1. The lowest BCUT2D eigenvalue weighted by molar-refractivity contribution is 0.102. The highest BCUT2D eigenvalue weighted by molar-refractivity contribution is 7.85. The van der Waals surface area contributed by atoms with Crippen LogP contribution >= 0.6 is 11.3 Å². The standard InChI is InChI=1S/C11H14O3S2/c12-10(11-4-2-6-15-11)8-16(13)7-9-3-1-5-14-9/h2,4,6,9H,1,3,5,7-8H2. The molecule has 0 bridgehead atoms. The zero-order chi connectivity index (χ0) is 11.4. The van der Waals surface area contributed by atoms with E-state index in [0.717, 1.165) is 19.4 Å². The molecule has 0 saturated carbocycles. The first-order valence-electron chi connectivity index (χ1n) is 5.29. The number of hydrogen-bond donors (Lipinski definition) is 0. The van der Waals surface area contributed by atoms with E-state index >= 15 is 0 Å². The number of carbonyl (C=O) groups excluding carboxylic acids is 1. The molecule has 2 unspecified atom stereocenters. The van der Waals surface area contributed by atoms with E-state index in [2.05, 4.69) is 0 Å². The lowest BCUT2D eigenvalue weighted by Crippen LogP contribution is -2.20. The van der Waals surface area contributed by atoms with E-state index in [0.29, 0.717) is 10.6 Å². The van der Waals surface area contributed by atoms with E-state index in [1.807, 2.05) is 11.4 Å². The van der Waals surface area contributed by atoms with Crippen molar-refractivity contribution in [3.05, 3.63) is 22.4 Å². The molecular formula is C11H14O3S2. The second kappa shape index (κ2) is 5.70. The van der Waals surface area contributed by atoms with Crippen molar-refractivity contribution in [1.82, 2.24) is 0 Å². The first-order valence-corrected chi connectivity index (χ1v) is 7.66. The Morgan fingerprint density at radius 1 is 1.62 bits per heavy atom. The van der Waals surface area contributed by atoms with Gasteiger partial charge in [0, 0.05) is 17.4 Å². The number of thiophene rings is 1. The molecule has 3 nitrogen and oxygen atoms in total. The summed E-state index contributed by atoms with van der Waals surface area (Å²) in [6.45, 7) is 0.765. The smallest absolute Gasteiger partial charge is 0.185 e. The highest BCUT2D eigenvalue weighted by Crippen LogP contribution is 2.14. The van der Waals surface area contributed by atoms with Gasteiger partial charge in [-0.1, -0.05) is 6.07 Å². The SMILES string of the molecule is O=C(CS(=O)CC1CCCO1)c1cccs1. The van der Waals surface area contributed by atoms with E-state index in [1.54, 1.807) is 6.07 Å². The van der Waals surface area contributed by atoms with Crippen LogP contribution in [0.1, 0.15) is 22.5 Å². The zero-order valence-electron chi connectivity index (χ0n) is 8.89. The molecule has 2 rings (SSSR count). The molecule has 1 aliphatic rings. The Morgan fingerprint density at radius 2 is 2.50 bits per heavy atom. The Morgan fingerprint density at radius 3 is 3.12 bits per heavy atom. The second-order valence-electron chi connectivity index (χ2n) is 3.79. The number of ether oxygens (including phenoxy) is 1. The quantitative estimate of drug-likeness (QED) is 0.757. The molecule has 1 aromatic heterocycles. The van der Waals surface area contributed by atoms with Crippen LogP contribution in [0.4, 0.5) is 0 Å². The predicted octanol–water partition coefficient (Wildman–Crippen LogP) is 1.86. The van der Waals surface area contributed by atoms with Gasteiger partial charge in [0.15, 0.2) is 5.78 Å². The maximum absolute atomic E-state index is 11.7. The Kier molecular flexibility index (Phi) is 4.26. The Balaban J connectivity index is 1.80. The van der Waals surface area contributed by atoms with Gasteiger partial charge in [0.2, 0.25) is 0 Å². The van der Waals surface area contributed by atoms with Crippen LogP contribution in [0, 0.1) is 0 Å². The molecule has 5 heteroatoms. The van der Waals surface area contributed by atoms with E-state index < -0.39 is 10.8 Å². The molecule has 2 atom stereocenters. The normalized spacial score (nSPS) is 22.1. The van der Waals surface area contributed by atoms with Crippen molar-refractivity contribution in [1.29, 1.82) is 0 Å². The largest absolute Gasteiger partial charge is 0.377 e. The van der Waals surface area contributed by atoms with Gasteiger partial charge >= 0.3 is 0 Å². The summed E-state index contributed by atoms with van der Waals surface area (Å²) >= 11 is 1.40. The molecule has 1 fully saturated rings. The Labute approximate surface area is 101 Å². The first kappa shape index (κ1) is 12.0. The van der Waals surface area contributed by atoms with Crippen LogP contribution in [-0.4, -0.2) is 34.2 Å². The van der Waals surface area contributed by atoms with Gasteiger partial charge in [-0.05, 0) is 24.3 Å². The van der Waals surface area contributed by atoms with Crippen molar-refractivity contribution in [2.45, 2.75) is 18.9 Å². The van der Waals surface area contributed by atoms with Crippen LogP contribution in [0.25, 0.3) is 0 Å². The van der Waals surface area contributed by atoms with Crippen LogP contribution in [0.5, 0.6) is 0 Å². The van der Waals surface area contributed by atoms with Crippen molar-refractivity contribution < 1.29 is 13.7 Å². The molecule has 16 heavy (non-hydrogen) atoms. The summed E-state index contributed by atoms with van der Waals surface area (Å²) < 4.78 is 17.1. The Bertz CT molecular complexity index is 367. The molecule has 1 saturated heterocycles. The van der Waals surface area contributed by atoms with Gasteiger partial charge in [-0.3, -0.25) is 9.00 Å². The lowest BCUT2D eigenvalue weighted by atomic mass is 10.3. The highest BCUT2D eigenvalue weighted by atomic mass is 32.2. The first-order chi connectivity index (χ1) is 7.75. The molecule has 0 aliphatic carbocycles. The van der Waals surface area contributed by atoms with Crippen molar-refractivity contribution in [3.8, 4) is 0 Å². The summed E-state index contributed by atoms with van der Waals surface area (Å²) in [6.07, 6.45) is 2.11. The van der Waals surface area contributed by atoms with E-state index in [9.17, 15) is 9.00 Å². The molecule has 0 N–H and O–H groups in total. The average Bonchev–Trinajstić information content (AvgIpc) is 2.88. The molecule has 0 amide bonds. The monoisotopic (exact) mass is 258 g/mol. The van der Waals surface area contributed by atoms with Gasteiger partial charge in [0.05, 0.1) is 22.5 Å². The van der Waals surface area contributed by atoms with Crippen LogP contribution in [-0.2, 0) is 15.5 Å². The van der Waals surface area contributed by atoms with Crippen LogP contribution in [0.15, 0.2) is 17.5 Å². The fraction of sp³-hybridized carbons (Fsp3) is 0.545. The van der Waals surface area contributed by atoms with Gasteiger partial charge in [-0.2, -0.15) is 0 Å². The molecule has 0 radical (unpaired) electrons. The maximum atomic E-state index is 11.7. The third-order valence-electron chi connectivity index (χ3n) is 2.48. The summed E-state index contributed by atoms with van der Waals surface area (Å²) in [5, 5.41) is 1.86. The number of carbonyl (C=O) groups is 1. The minimum absolute atomic E-state index is 0.0219. The van der Waals surface area contributed by atoms with Gasteiger partial charge in [0.1, 0.15) is 0 Å². The lowest BCUT2D eigenvalue weighted by Gasteiger charge is -2.07. The van der Waals surface area contributed by atoms with E-state index in [1.165, 1.54) is 11.3 Å². The molecule has 1 aromatic rings. The fourth-order valence-electron chi connectivity index (χ4n) is 1.70. The van der Waals surface area contributed by atoms with Gasteiger partial charge in [-0.15, -0.1) is 11.3 Å². The molecular weight excluding hydrogens is 244 g/mol. The number of Topliss-reactive ketones (excluding diaryl/α,β-unsaturated/α-hetero) is 1. The zero-order valence-corrected chi connectivity index (χ0v) is 10.5. The summed E-state index contributed by atoms with van der Waals surface area (Å²) in [5.41, 5.74) is 0. The molecule has 2 heterocycles. The summed E-state index contributed by atoms with van der Waals surface area (Å²) in [4.78, 5) is 12.4. The van der Waals surface area contributed by atoms with Crippen LogP contribution in [0.2, 0.25) is 0 Å². The number of hydrogen-bond acceptors (Lipinski definition) is 4. The fourth-order valence-corrected chi connectivity index (χ4v) is 3.70. The van der Waals surface area contributed by atoms with Crippen molar-refractivity contribution >= 4 is 27.9 Å². The van der Waals surface area contributed by atoms with Crippen molar-refractivity contribution in [2.75, 3.05) is 18.1 Å². The minimum atomic E-state index is -1.09. The third kappa shape index (κ3) is 3.23. The molecule has 88 valence electrons. The van der Waals surface area contributed by atoms with Gasteiger partial charge < -0.3 is 4.74 Å². The molecule has 0 aromatic carbocycles. The third-order valence-corrected chi connectivity index (χ3v) is 4.72. The molecule has 1 aliphatic heterocycles. The minimum Gasteiger partial charge on any atom is -0.377 e. The average molecular weight is 258 g/mol. The number of rotatable bonds is 5.